The maximum absolute atomic E-state index is 2.66. The predicted molar refractivity (Wildman–Crippen MR) is 301 cm³/mol. The molecule has 0 aliphatic heterocycles. The van der Waals surface area contributed by atoms with E-state index in [0.29, 0.717) is 11.8 Å². The van der Waals surface area contributed by atoms with Crippen molar-refractivity contribution in [2.75, 3.05) is 9.80 Å². The minimum Gasteiger partial charge on any atom is -0.310 e. The van der Waals surface area contributed by atoms with Crippen molar-refractivity contribution in [2.24, 2.45) is 11.8 Å². The zero-order chi connectivity index (χ0) is 47.7. The molecule has 0 amide bonds. The van der Waals surface area contributed by atoms with Crippen molar-refractivity contribution in [1.29, 1.82) is 0 Å². The molecule has 2 unspecified atom stereocenters. The van der Waals surface area contributed by atoms with Crippen LogP contribution < -0.4 is 9.80 Å². The number of anilines is 6. The van der Waals surface area contributed by atoms with Crippen LogP contribution in [0.25, 0.3) is 32.7 Å². The standard InChI is InChI=1S/C67H76N2/c1-7-13-22-50(11-5)47-67(48-51(12-6)23-14-8-2)63-45-57(68(55-37-33-49(10-4)34-38-55)65-31-20-27-53-25-16-18-29-59(53)65)41-43-61(63)62-44-42-58(46-64(62)67)69(56-39-35-52(36-40-56)24-15-9-3)66-32-21-28-54-26-17-19-30-60(54)66/h16-21,25-46,50-51H,7-15,22-24,47-48H2,1-6H3. The fourth-order valence-electron chi connectivity index (χ4n) is 11.9. The highest BCUT2D eigenvalue weighted by molar-refractivity contribution is 6.01. The highest BCUT2D eigenvalue weighted by Gasteiger charge is 2.46. The van der Waals surface area contributed by atoms with E-state index in [-0.39, 0.29) is 5.41 Å². The minimum atomic E-state index is -0.176. The van der Waals surface area contributed by atoms with Crippen LogP contribution in [0.3, 0.4) is 0 Å². The number of benzene rings is 8. The van der Waals surface area contributed by atoms with Gasteiger partial charge in [-0.3, -0.25) is 0 Å². The second-order valence-electron chi connectivity index (χ2n) is 20.2. The number of fused-ring (bicyclic) bond motifs is 5. The van der Waals surface area contributed by atoms with E-state index < -0.39 is 0 Å². The van der Waals surface area contributed by atoms with E-state index in [2.05, 4.69) is 221 Å². The number of hydrogen-bond acceptors (Lipinski definition) is 2. The van der Waals surface area contributed by atoms with Gasteiger partial charge in [0.15, 0.2) is 0 Å². The zero-order valence-corrected chi connectivity index (χ0v) is 42.6. The summed E-state index contributed by atoms with van der Waals surface area (Å²) in [6, 6.07) is 65.5. The summed E-state index contributed by atoms with van der Waals surface area (Å²) in [7, 11) is 0. The lowest BCUT2D eigenvalue weighted by molar-refractivity contribution is 0.266. The Morgan fingerprint density at radius 1 is 0.406 bits per heavy atom. The summed E-state index contributed by atoms with van der Waals surface area (Å²) < 4.78 is 0. The molecular formula is C67H76N2. The van der Waals surface area contributed by atoms with Crippen molar-refractivity contribution < 1.29 is 0 Å². The molecule has 0 saturated carbocycles. The van der Waals surface area contributed by atoms with E-state index in [1.54, 1.807) is 0 Å². The average molecular weight is 909 g/mol. The van der Waals surface area contributed by atoms with Gasteiger partial charge in [-0.05, 0) is 149 Å². The zero-order valence-electron chi connectivity index (χ0n) is 42.6. The molecular weight excluding hydrogens is 833 g/mol. The van der Waals surface area contributed by atoms with Gasteiger partial charge < -0.3 is 9.80 Å². The number of nitrogens with zero attached hydrogens (tertiary/aromatic N) is 2. The van der Waals surface area contributed by atoms with Crippen LogP contribution in [0.1, 0.15) is 141 Å². The number of unbranched alkanes of at least 4 members (excludes halogenated alkanes) is 3. The van der Waals surface area contributed by atoms with Crippen LogP contribution in [0.5, 0.6) is 0 Å². The SMILES string of the molecule is CCCCc1ccc(N(c2ccc3c(c2)C(CC(CC)CCCC)(CC(CC)CCCC)c2cc(N(c4ccc(CC)cc4)c4cccc5ccccc45)ccc2-3)c2cccc3ccccc23)cc1. The Morgan fingerprint density at radius 3 is 1.26 bits per heavy atom. The van der Waals surface area contributed by atoms with Crippen LogP contribution in [0.4, 0.5) is 34.1 Å². The molecule has 1 aliphatic rings. The van der Waals surface area contributed by atoms with Crippen molar-refractivity contribution in [2.45, 2.75) is 137 Å². The third kappa shape index (κ3) is 9.88. The Morgan fingerprint density at radius 2 is 0.826 bits per heavy atom. The van der Waals surface area contributed by atoms with Crippen molar-refractivity contribution in [1.82, 2.24) is 0 Å². The quantitative estimate of drug-likeness (QED) is 0.0669. The average Bonchev–Trinajstić information content (AvgIpc) is 3.66. The van der Waals surface area contributed by atoms with Gasteiger partial charge in [0, 0.05) is 38.9 Å². The molecule has 354 valence electrons. The van der Waals surface area contributed by atoms with Crippen LogP contribution >= 0.6 is 0 Å². The number of aryl methyl sites for hydroxylation is 2. The van der Waals surface area contributed by atoms with Crippen molar-refractivity contribution >= 4 is 55.7 Å². The molecule has 8 aromatic carbocycles. The minimum absolute atomic E-state index is 0.176. The van der Waals surface area contributed by atoms with Crippen LogP contribution in [-0.4, -0.2) is 0 Å². The summed E-state index contributed by atoms with van der Waals surface area (Å²) in [5, 5.41) is 5.06. The topological polar surface area (TPSA) is 6.48 Å². The fourth-order valence-corrected chi connectivity index (χ4v) is 11.9. The van der Waals surface area contributed by atoms with Gasteiger partial charge in [0.05, 0.1) is 11.4 Å². The van der Waals surface area contributed by atoms with E-state index in [0.717, 1.165) is 25.7 Å². The second-order valence-corrected chi connectivity index (χ2v) is 20.2. The van der Waals surface area contributed by atoms with Gasteiger partial charge >= 0.3 is 0 Å². The molecule has 0 N–H and O–H groups in total. The van der Waals surface area contributed by atoms with Crippen LogP contribution in [0.2, 0.25) is 0 Å². The lowest BCUT2D eigenvalue weighted by Crippen LogP contribution is -2.32. The Labute approximate surface area is 415 Å². The van der Waals surface area contributed by atoms with Gasteiger partial charge in [-0.1, -0.05) is 209 Å². The predicted octanol–water partition coefficient (Wildman–Crippen LogP) is 20.3. The van der Waals surface area contributed by atoms with Crippen LogP contribution in [-0.2, 0) is 18.3 Å². The maximum Gasteiger partial charge on any atom is 0.0540 e. The highest BCUT2D eigenvalue weighted by Crippen LogP contribution is 2.59. The van der Waals surface area contributed by atoms with E-state index in [1.807, 2.05) is 0 Å². The Bertz CT molecular complexity index is 2910. The first kappa shape index (κ1) is 47.9. The lowest BCUT2D eigenvalue weighted by Gasteiger charge is -2.39. The van der Waals surface area contributed by atoms with Gasteiger partial charge in [-0.2, -0.15) is 0 Å². The summed E-state index contributed by atoms with van der Waals surface area (Å²) in [5.41, 5.74) is 15.8. The van der Waals surface area contributed by atoms with Crippen LogP contribution in [0, 0.1) is 11.8 Å². The van der Waals surface area contributed by atoms with Gasteiger partial charge in [0.2, 0.25) is 0 Å². The summed E-state index contributed by atoms with van der Waals surface area (Å²) in [6.45, 7) is 14.2. The van der Waals surface area contributed by atoms with Gasteiger partial charge in [-0.25, -0.2) is 0 Å². The number of hydrogen-bond donors (Lipinski definition) is 0. The highest BCUT2D eigenvalue weighted by atomic mass is 15.1. The molecule has 0 heterocycles. The van der Waals surface area contributed by atoms with E-state index in [1.165, 1.54) is 153 Å². The molecule has 0 radical (unpaired) electrons. The molecule has 0 aromatic heterocycles. The van der Waals surface area contributed by atoms with Crippen LogP contribution in [0.15, 0.2) is 170 Å². The van der Waals surface area contributed by atoms with E-state index in [9.17, 15) is 0 Å². The summed E-state index contributed by atoms with van der Waals surface area (Å²) in [6.07, 6.45) is 16.8. The Balaban J connectivity index is 1.29. The summed E-state index contributed by atoms with van der Waals surface area (Å²) in [5.74, 6) is 1.22. The van der Waals surface area contributed by atoms with Gasteiger partial charge in [0.25, 0.3) is 0 Å². The molecule has 8 aromatic rings. The molecule has 0 saturated heterocycles. The second kappa shape index (κ2) is 22.1. The smallest absolute Gasteiger partial charge is 0.0540 e. The summed E-state index contributed by atoms with van der Waals surface area (Å²) >= 11 is 0. The molecule has 0 fully saturated rings. The van der Waals surface area contributed by atoms with Crippen molar-refractivity contribution in [3.8, 4) is 11.1 Å². The lowest BCUT2D eigenvalue weighted by atomic mass is 9.65. The molecule has 69 heavy (non-hydrogen) atoms. The third-order valence-electron chi connectivity index (χ3n) is 15.8. The molecule has 0 spiro atoms. The number of rotatable bonds is 22. The van der Waals surface area contributed by atoms with Crippen molar-refractivity contribution in [3.05, 3.63) is 192 Å². The first-order valence-electron chi connectivity index (χ1n) is 27.0. The normalized spacial score (nSPS) is 15.0. The molecule has 2 atom stereocenters. The van der Waals surface area contributed by atoms with Gasteiger partial charge in [-0.15, -0.1) is 0 Å². The maximum atomic E-state index is 2.66. The largest absolute Gasteiger partial charge is 0.310 e. The molecule has 1 aliphatic carbocycles. The molecule has 2 heteroatoms. The Hall–Kier alpha value is -6.12. The third-order valence-corrected chi connectivity index (χ3v) is 15.8. The van der Waals surface area contributed by atoms with E-state index >= 15 is 0 Å². The Kier molecular flexibility index (Phi) is 15.3. The van der Waals surface area contributed by atoms with Crippen molar-refractivity contribution in [3.63, 3.8) is 0 Å². The first-order valence-corrected chi connectivity index (χ1v) is 27.0. The molecule has 9 rings (SSSR count). The monoisotopic (exact) mass is 909 g/mol. The summed E-state index contributed by atoms with van der Waals surface area (Å²) in [4.78, 5) is 5.12. The molecule has 0 bridgehead atoms. The van der Waals surface area contributed by atoms with E-state index in [4.69, 9.17) is 0 Å². The first-order chi connectivity index (χ1) is 33.9. The molecule has 2 nitrogen and oxygen atoms in total. The fraction of sp³-hybridized carbons (Fsp3) is 0.343. The van der Waals surface area contributed by atoms with Gasteiger partial charge in [0.1, 0.15) is 0 Å².